The second-order valence-electron chi connectivity index (χ2n) is 30.5. The normalized spacial score (nSPS) is 12.2. The summed E-state index contributed by atoms with van der Waals surface area (Å²) < 4.78 is 75.2. The van der Waals surface area contributed by atoms with Gasteiger partial charge in [-0.25, -0.2) is 0 Å². The van der Waals surface area contributed by atoms with E-state index in [4.69, 9.17) is 27.7 Å². The van der Waals surface area contributed by atoms with E-state index in [9.17, 15) is 0 Å². The van der Waals surface area contributed by atoms with E-state index in [0.717, 1.165) is 66.2 Å². The first-order valence-electron chi connectivity index (χ1n) is 37.9. The zero-order valence-electron chi connectivity index (χ0n) is 79.4. The van der Waals surface area contributed by atoms with Crippen LogP contribution in [0.1, 0.15) is 0 Å². The molecular weight excluding hydrogens is 1760 g/mol. The Hall–Kier alpha value is -8.04. The van der Waals surface area contributed by atoms with Gasteiger partial charge in [0.05, 0.1) is 0 Å². The summed E-state index contributed by atoms with van der Waals surface area (Å²) in [6.07, 6.45) is 0. The highest BCUT2D eigenvalue weighted by Crippen LogP contribution is 2.66. The van der Waals surface area contributed by atoms with Gasteiger partial charge in [-0.15, -0.1) is 115 Å². The van der Waals surface area contributed by atoms with Crippen molar-refractivity contribution in [2.45, 2.75) is 0 Å². The van der Waals surface area contributed by atoms with E-state index in [-0.39, 0.29) is 28.2 Å². The molecule has 0 bridgehead atoms. The average molecular weight is 1900 g/mol. The molecule has 6 aromatic carbocycles. The van der Waals surface area contributed by atoms with Crippen LogP contribution in [-0.4, -0.2) is 429 Å². The smallest absolute Gasteiger partial charge is 0.449 e. The maximum atomic E-state index is 6.27. The molecule has 6 aromatic heterocycles. The lowest BCUT2D eigenvalue weighted by atomic mass is 10.3. The number of nitrogens with zero attached hydrogens (tertiary/aromatic N) is 36. The van der Waals surface area contributed by atoms with Crippen LogP contribution in [0.15, 0.2) is 146 Å². The van der Waals surface area contributed by atoms with Crippen LogP contribution < -0.4 is 56.0 Å². The largest absolute Gasteiger partial charge is 1.00 e. The van der Waals surface area contributed by atoms with Gasteiger partial charge in [-0.2, -0.15) is 27.7 Å². The molecule has 126 heavy (non-hydrogen) atoms. The number of hydrogen-bond donors (Lipinski definition) is 0. The lowest BCUT2D eigenvalue weighted by molar-refractivity contribution is -0.00100. The second kappa shape index (κ2) is 49.7. The molecular formula is C72H132F6N36O6P6. The van der Waals surface area contributed by atoms with Gasteiger partial charge >= 0.3 is 47.6 Å². The molecule has 12 rings (SSSR count). The van der Waals surface area contributed by atoms with E-state index in [2.05, 4.69) is 146 Å². The lowest BCUT2D eigenvalue weighted by Crippen LogP contribution is -3.00. The molecule has 0 aliphatic heterocycles. The molecule has 0 amide bonds. The van der Waals surface area contributed by atoms with Crippen LogP contribution in [0, 0.1) is 0 Å². The predicted octanol–water partition coefficient (Wildman–Crippen LogP) is -10.6. The molecule has 0 atom stereocenters. The topological polar surface area (TPSA) is 298 Å². The zero-order valence-corrected chi connectivity index (χ0v) is 84.7. The fraction of sp³-hybridized carbons (Fsp3) is 0.500. The van der Waals surface area contributed by atoms with Crippen LogP contribution in [0.3, 0.4) is 0 Å². The Kier molecular flexibility index (Phi) is 45.7. The van der Waals surface area contributed by atoms with Crippen molar-refractivity contribution < 1.29 is 56.0 Å². The van der Waals surface area contributed by atoms with E-state index >= 15 is 0 Å². The Bertz CT molecular complexity index is 4200. The van der Waals surface area contributed by atoms with E-state index in [1.54, 1.807) is 0 Å². The van der Waals surface area contributed by atoms with Crippen LogP contribution in [-0.2, 0) is 0 Å². The third-order valence-corrected chi connectivity index (χ3v) is 39.4. The summed E-state index contributed by atoms with van der Waals surface area (Å²) in [4.78, 5) is 9.10. The van der Waals surface area contributed by atoms with Gasteiger partial charge in [0, 0.05) is 254 Å². The summed E-state index contributed by atoms with van der Waals surface area (Å²) in [6.45, 7) is 0. The fourth-order valence-corrected chi connectivity index (χ4v) is 31.3. The number of fused-ring (bicyclic) bond motifs is 6. The van der Waals surface area contributed by atoms with Crippen molar-refractivity contribution in [2.75, 3.05) is 254 Å². The lowest BCUT2D eigenvalue weighted by Gasteiger charge is -2.35. The summed E-state index contributed by atoms with van der Waals surface area (Å²) >= 11 is 0. The zero-order chi connectivity index (χ0) is 89.5. The minimum absolute atomic E-state index is 0. The highest BCUT2D eigenvalue weighted by Gasteiger charge is 2.59. The molecule has 0 spiro atoms. The SMILES string of the molecule is CN(C)[P+](On1nnc2ccccc21)(N(C)C)N(C)C.CN(C)[P+](On1nnc2ccccc21)(N(C)C)N(C)C.CN(C)[P+](On1nnc2ccccc21)(N(C)C)N(C)C.CN(C)[P+](On1nnc2ccccc21)(N(C)C)N(C)C.CN(C)[P+](On1nnc2ccccc21)(N(C)C)N(C)C.CN(C)[P+](On1nnc2ccccc21)(N(C)C)N(C)C.[F-].[F-].[F-].[F-].[F-].[F-]. The molecule has 0 radical (unpaired) electrons. The Morgan fingerprint density at radius 3 is 0.333 bits per heavy atom. The quantitative estimate of drug-likeness (QED) is 0.0298. The molecule has 42 nitrogen and oxygen atoms in total. The van der Waals surface area contributed by atoms with Crippen LogP contribution in [0.4, 0.5) is 0 Å². The van der Waals surface area contributed by atoms with Crippen LogP contribution >= 0.6 is 47.6 Å². The number of halogens is 6. The fourth-order valence-electron chi connectivity index (χ4n) is 13.8. The first-order chi connectivity index (χ1) is 56.3. The van der Waals surface area contributed by atoms with Crippen molar-refractivity contribution >= 4 is 114 Å². The maximum absolute atomic E-state index is 6.27. The first-order valence-corrected chi connectivity index (χ1v) is 47.3. The van der Waals surface area contributed by atoms with E-state index < -0.39 is 47.6 Å². The number of benzene rings is 6. The Labute approximate surface area is 740 Å². The molecule has 0 fully saturated rings. The van der Waals surface area contributed by atoms with Gasteiger partial charge in [-0.05, 0) is 133 Å². The Morgan fingerprint density at radius 1 is 0.159 bits per heavy atom. The van der Waals surface area contributed by atoms with Crippen LogP contribution in [0.5, 0.6) is 0 Å². The van der Waals surface area contributed by atoms with Crippen molar-refractivity contribution in [3.05, 3.63) is 146 Å². The number of rotatable bonds is 30. The van der Waals surface area contributed by atoms with Gasteiger partial charge in [-0.3, -0.25) is 0 Å². The summed E-state index contributed by atoms with van der Waals surface area (Å²) in [5.74, 6) is 0. The highest BCUT2D eigenvalue weighted by molar-refractivity contribution is 7.66. The molecule has 0 unspecified atom stereocenters. The summed E-state index contributed by atoms with van der Waals surface area (Å²) in [6, 6.07) is 46.6. The predicted molar refractivity (Wildman–Crippen MR) is 493 cm³/mol. The van der Waals surface area contributed by atoms with E-state index in [1.807, 2.05) is 399 Å². The van der Waals surface area contributed by atoms with Crippen molar-refractivity contribution in [1.82, 2.24) is 175 Å². The second-order valence-corrected chi connectivity index (χ2v) is 52.1. The van der Waals surface area contributed by atoms with Crippen molar-refractivity contribution in [3.8, 4) is 0 Å². The average Bonchev–Trinajstić information content (AvgIpc) is 1.44. The summed E-state index contributed by atoms with van der Waals surface area (Å²) in [7, 11) is 59.4. The van der Waals surface area contributed by atoms with Gasteiger partial charge < -0.3 is 28.2 Å². The standard InChI is InChI=1S/6C12H22N6OP.6FH/c6*1-15(2)20(16(3)4,17(5)6)19-18-12-10-8-7-9-11(12)13-14-18;;;;;;/h6*7-10H,1-6H3;6*1H/q6*+1;;;;;;/p-6. The highest BCUT2D eigenvalue weighted by atomic mass is 31.2. The molecule has 54 heteroatoms. The molecule has 708 valence electrons. The monoisotopic (exact) mass is 1900 g/mol. The van der Waals surface area contributed by atoms with Crippen LogP contribution in [0.25, 0.3) is 66.2 Å². The van der Waals surface area contributed by atoms with E-state index in [0.29, 0.717) is 0 Å². The van der Waals surface area contributed by atoms with Crippen molar-refractivity contribution in [2.24, 2.45) is 0 Å². The molecule has 12 aromatic rings. The molecule has 0 N–H and O–H groups in total. The molecule has 0 saturated carbocycles. The minimum Gasteiger partial charge on any atom is -1.00 e. The van der Waals surface area contributed by atoms with Gasteiger partial charge in [0.1, 0.15) is 66.2 Å². The first kappa shape index (κ1) is 116. The van der Waals surface area contributed by atoms with Gasteiger partial charge in [0.2, 0.25) is 0 Å². The number of aromatic nitrogens is 18. The minimum atomic E-state index is -2.14. The molecule has 6 heterocycles. The Morgan fingerprint density at radius 2 is 0.246 bits per heavy atom. The van der Waals surface area contributed by atoms with Gasteiger partial charge in [0.25, 0.3) is 0 Å². The van der Waals surface area contributed by atoms with Gasteiger partial charge in [0.15, 0.2) is 0 Å². The van der Waals surface area contributed by atoms with E-state index in [1.165, 1.54) is 29.1 Å². The maximum Gasteiger partial charge on any atom is 0.449 e. The van der Waals surface area contributed by atoms with Crippen molar-refractivity contribution in [3.63, 3.8) is 0 Å². The molecule has 0 saturated heterocycles. The Balaban J connectivity index is 0.000000749. The summed E-state index contributed by atoms with van der Waals surface area (Å²) in [5, 5.41) is 49.5. The van der Waals surface area contributed by atoms with Crippen LogP contribution in [0.2, 0.25) is 0 Å². The molecule has 0 aliphatic rings. The summed E-state index contributed by atoms with van der Waals surface area (Å²) in [5.41, 5.74) is 10.1. The molecule has 0 aliphatic carbocycles. The van der Waals surface area contributed by atoms with Crippen molar-refractivity contribution in [1.29, 1.82) is 0 Å². The third kappa shape index (κ3) is 24.5. The third-order valence-electron chi connectivity index (χ3n) is 18.4. The number of para-hydroxylation sites is 6. The van der Waals surface area contributed by atoms with Gasteiger partial charge in [-0.1, -0.05) is 72.8 Å². The number of hydrogen-bond acceptors (Lipinski definition) is 36.